The maximum absolute atomic E-state index is 12.1. The lowest BCUT2D eigenvalue weighted by molar-refractivity contribution is -0.143. The zero-order valence-electron chi connectivity index (χ0n) is 10.8. The van der Waals surface area contributed by atoms with Crippen LogP contribution in [-0.2, 0) is 14.3 Å². The van der Waals surface area contributed by atoms with Crippen molar-refractivity contribution >= 4 is 58.2 Å². The molecular weight excluding hydrogens is 337 g/mol. The van der Waals surface area contributed by atoms with Crippen LogP contribution >= 0.6 is 35.0 Å². The fourth-order valence-electron chi connectivity index (χ4n) is 1.58. The maximum Gasteiger partial charge on any atom is 0.325 e. The Hall–Kier alpha value is -1.50. The van der Waals surface area contributed by atoms with Gasteiger partial charge in [0.1, 0.15) is 6.54 Å². The second-order valence-electron chi connectivity index (χ2n) is 4.02. The van der Waals surface area contributed by atoms with E-state index in [4.69, 9.17) is 23.2 Å². The molecule has 1 aromatic carbocycles. The Labute approximate surface area is 134 Å². The second-order valence-corrected chi connectivity index (χ2v) is 5.83. The summed E-state index contributed by atoms with van der Waals surface area (Å²) in [6.07, 6.45) is 1.52. The van der Waals surface area contributed by atoms with Crippen molar-refractivity contribution in [2.45, 2.75) is 0 Å². The van der Waals surface area contributed by atoms with Crippen molar-refractivity contribution < 1.29 is 19.1 Å². The average molecular weight is 346 g/mol. The summed E-state index contributed by atoms with van der Waals surface area (Å²) in [5.41, 5.74) is 0.632. The number of hydrogen-bond acceptors (Lipinski definition) is 5. The third-order valence-electron chi connectivity index (χ3n) is 2.63. The van der Waals surface area contributed by atoms with Gasteiger partial charge in [-0.3, -0.25) is 19.3 Å². The third kappa shape index (κ3) is 3.58. The first-order chi connectivity index (χ1) is 9.92. The highest BCUT2D eigenvalue weighted by molar-refractivity contribution is 8.18. The highest BCUT2D eigenvalue weighted by Gasteiger charge is 2.36. The minimum atomic E-state index is -0.659. The number of esters is 1. The fourth-order valence-corrected chi connectivity index (χ4v) is 2.73. The van der Waals surface area contributed by atoms with Crippen LogP contribution in [-0.4, -0.2) is 35.7 Å². The van der Waals surface area contributed by atoms with Gasteiger partial charge in [0.2, 0.25) is 0 Å². The first-order valence-electron chi connectivity index (χ1n) is 5.69. The van der Waals surface area contributed by atoms with Crippen LogP contribution in [0.4, 0.5) is 4.79 Å². The van der Waals surface area contributed by atoms with Gasteiger partial charge in [0, 0.05) is 0 Å². The Bertz CT molecular complexity index is 660. The van der Waals surface area contributed by atoms with E-state index in [1.165, 1.54) is 13.2 Å². The van der Waals surface area contributed by atoms with Crippen LogP contribution in [0.5, 0.6) is 0 Å². The van der Waals surface area contributed by atoms with E-state index in [0.717, 1.165) is 16.7 Å². The number of amides is 2. The monoisotopic (exact) mass is 345 g/mol. The zero-order chi connectivity index (χ0) is 15.6. The molecule has 2 amide bonds. The molecule has 1 aliphatic heterocycles. The van der Waals surface area contributed by atoms with Crippen LogP contribution < -0.4 is 0 Å². The quantitative estimate of drug-likeness (QED) is 0.621. The molecule has 5 nitrogen and oxygen atoms in total. The molecule has 1 aromatic rings. The van der Waals surface area contributed by atoms with Crippen molar-refractivity contribution in [3.63, 3.8) is 0 Å². The predicted molar refractivity (Wildman–Crippen MR) is 81.2 cm³/mol. The molecule has 2 rings (SSSR count). The van der Waals surface area contributed by atoms with Crippen LogP contribution in [0.3, 0.4) is 0 Å². The van der Waals surface area contributed by atoms with E-state index in [9.17, 15) is 14.4 Å². The molecule has 0 unspecified atom stereocenters. The van der Waals surface area contributed by atoms with Gasteiger partial charge >= 0.3 is 5.97 Å². The number of ether oxygens (including phenoxy) is 1. The van der Waals surface area contributed by atoms with E-state index < -0.39 is 23.7 Å². The SMILES string of the molecule is COC(=O)CN1C(=O)S/C(=C/c2ccc(Cl)c(Cl)c2)C1=O. The minimum absolute atomic E-state index is 0.210. The van der Waals surface area contributed by atoms with E-state index in [1.54, 1.807) is 18.2 Å². The summed E-state index contributed by atoms with van der Waals surface area (Å²) >= 11 is 12.5. The van der Waals surface area contributed by atoms with Gasteiger partial charge < -0.3 is 4.74 Å². The first kappa shape index (κ1) is 15.9. The first-order valence-corrected chi connectivity index (χ1v) is 7.27. The lowest BCUT2D eigenvalue weighted by atomic mass is 10.2. The summed E-state index contributed by atoms with van der Waals surface area (Å²) in [5.74, 6) is -1.20. The molecule has 0 saturated carbocycles. The molecule has 0 radical (unpaired) electrons. The molecule has 1 aliphatic rings. The van der Waals surface area contributed by atoms with Gasteiger partial charge in [-0.2, -0.15) is 0 Å². The molecule has 0 bridgehead atoms. The van der Waals surface area contributed by atoms with Gasteiger partial charge in [-0.25, -0.2) is 0 Å². The van der Waals surface area contributed by atoms with Gasteiger partial charge in [0.05, 0.1) is 22.1 Å². The average Bonchev–Trinajstić information content (AvgIpc) is 2.70. The molecule has 0 spiro atoms. The minimum Gasteiger partial charge on any atom is -0.468 e. The molecule has 0 atom stereocenters. The van der Waals surface area contributed by atoms with E-state index in [-0.39, 0.29) is 4.91 Å². The number of carbonyl (C=O) groups excluding carboxylic acids is 3. The van der Waals surface area contributed by atoms with E-state index in [2.05, 4.69) is 4.74 Å². The van der Waals surface area contributed by atoms with Crippen molar-refractivity contribution in [3.8, 4) is 0 Å². The molecule has 1 saturated heterocycles. The summed E-state index contributed by atoms with van der Waals surface area (Å²) in [6, 6.07) is 4.84. The van der Waals surface area contributed by atoms with Crippen LogP contribution in [0.15, 0.2) is 23.1 Å². The molecule has 0 aliphatic carbocycles. The van der Waals surface area contributed by atoms with Gasteiger partial charge in [0.25, 0.3) is 11.1 Å². The van der Waals surface area contributed by atoms with Crippen molar-refractivity contribution in [1.29, 1.82) is 0 Å². The van der Waals surface area contributed by atoms with Gasteiger partial charge in [-0.1, -0.05) is 29.3 Å². The predicted octanol–water partition coefficient (Wildman–Crippen LogP) is 3.20. The normalized spacial score (nSPS) is 16.7. The number of imide groups is 1. The van der Waals surface area contributed by atoms with E-state index in [1.807, 2.05) is 0 Å². The van der Waals surface area contributed by atoms with Crippen molar-refractivity contribution in [1.82, 2.24) is 4.90 Å². The summed E-state index contributed by atoms with van der Waals surface area (Å²) < 4.78 is 4.45. The van der Waals surface area contributed by atoms with Crippen LogP contribution in [0.25, 0.3) is 6.08 Å². The number of carbonyl (C=O) groups is 3. The number of benzene rings is 1. The molecular formula is C13H9Cl2NO4S. The molecule has 21 heavy (non-hydrogen) atoms. The number of thioether (sulfide) groups is 1. The molecule has 110 valence electrons. The highest BCUT2D eigenvalue weighted by atomic mass is 35.5. The Morgan fingerprint density at radius 1 is 1.33 bits per heavy atom. The molecule has 0 N–H and O–H groups in total. The summed E-state index contributed by atoms with van der Waals surface area (Å²) in [6.45, 7) is -0.403. The summed E-state index contributed by atoms with van der Waals surface area (Å²) in [5, 5.41) is 0.225. The maximum atomic E-state index is 12.1. The van der Waals surface area contributed by atoms with Crippen molar-refractivity contribution in [3.05, 3.63) is 38.7 Å². The number of halogens is 2. The van der Waals surface area contributed by atoms with Gasteiger partial charge in [0.15, 0.2) is 0 Å². The fraction of sp³-hybridized carbons (Fsp3) is 0.154. The smallest absolute Gasteiger partial charge is 0.325 e. The van der Waals surface area contributed by atoms with Gasteiger partial charge in [-0.15, -0.1) is 0 Å². The van der Waals surface area contributed by atoms with E-state index >= 15 is 0 Å². The summed E-state index contributed by atoms with van der Waals surface area (Å²) in [4.78, 5) is 36.0. The topological polar surface area (TPSA) is 63.7 Å². The number of methoxy groups -OCH3 is 1. The van der Waals surface area contributed by atoms with Crippen LogP contribution in [0, 0.1) is 0 Å². The molecule has 1 heterocycles. The second kappa shape index (κ2) is 6.51. The Morgan fingerprint density at radius 3 is 2.67 bits per heavy atom. The van der Waals surface area contributed by atoms with Crippen LogP contribution in [0.1, 0.15) is 5.56 Å². The summed E-state index contributed by atoms with van der Waals surface area (Å²) in [7, 11) is 1.19. The lowest BCUT2D eigenvalue weighted by Crippen LogP contribution is -2.34. The van der Waals surface area contributed by atoms with Gasteiger partial charge in [-0.05, 0) is 35.5 Å². The molecule has 8 heteroatoms. The Balaban J connectivity index is 2.23. The standard InChI is InChI=1S/C13H9Cl2NO4S/c1-20-11(17)6-16-12(18)10(21-13(16)19)5-7-2-3-8(14)9(15)4-7/h2-5H,6H2,1H3/b10-5+. The molecule has 1 fully saturated rings. The number of hydrogen-bond donors (Lipinski definition) is 0. The van der Waals surface area contributed by atoms with E-state index in [0.29, 0.717) is 15.6 Å². The third-order valence-corrected chi connectivity index (χ3v) is 4.28. The zero-order valence-corrected chi connectivity index (χ0v) is 13.1. The van der Waals surface area contributed by atoms with Crippen molar-refractivity contribution in [2.24, 2.45) is 0 Å². The Morgan fingerprint density at radius 2 is 2.05 bits per heavy atom. The molecule has 0 aromatic heterocycles. The number of nitrogens with zero attached hydrogens (tertiary/aromatic N) is 1. The Kier molecular flexibility index (Phi) is 4.92. The largest absolute Gasteiger partial charge is 0.468 e. The lowest BCUT2D eigenvalue weighted by Gasteiger charge is -2.09. The van der Waals surface area contributed by atoms with Crippen molar-refractivity contribution in [2.75, 3.05) is 13.7 Å². The van der Waals surface area contributed by atoms with Crippen LogP contribution in [0.2, 0.25) is 10.0 Å². The number of rotatable bonds is 3. The highest BCUT2D eigenvalue weighted by Crippen LogP contribution is 2.33.